The molecular formula is C20H22N2O4. The fraction of sp³-hybridized carbons (Fsp3) is 0.250. The van der Waals surface area contributed by atoms with Crippen LogP contribution in [0.3, 0.4) is 0 Å². The largest absolute Gasteiger partial charge is 0.495 e. The van der Waals surface area contributed by atoms with Gasteiger partial charge in [-0.2, -0.15) is 0 Å². The molecule has 2 amide bonds. The Morgan fingerprint density at radius 1 is 0.962 bits per heavy atom. The number of ketones is 1. The van der Waals surface area contributed by atoms with Crippen LogP contribution >= 0.6 is 0 Å². The van der Waals surface area contributed by atoms with E-state index in [2.05, 4.69) is 10.6 Å². The number of rotatable bonds is 7. The first-order valence-corrected chi connectivity index (χ1v) is 8.24. The second kappa shape index (κ2) is 8.80. The van der Waals surface area contributed by atoms with Gasteiger partial charge in [-0.1, -0.05) is 29.8 Å². The van der Waals surface area contributed by atoms with Gasteiger partial charge >= 0.3 is 0 Å². The molecule has 0 radical (unpaired) electrons. The minimum absolute atomic E-state index is 0.0558. The summed E-state index contributed by atoms with van der Waals surface area (Å²) in [5.74, 6) is -0.128. The molecule has 6 nitrogen and oxygen atoms in total. The highest BCUT2D eigenvalue weighted by Crippen LogP contribution is 2.28. The van der Waals surface area contributed by atoms with Crippen LogP contribution in [0.25, 0.3) is 0 Å². The van der Waals surface area contributed by atoms with Crippen molar-refractivity contribution < 1.29 is 19.1 Å². The van der Waals surface area contributed by atoms with Gasteiger partial charge < -0.3 is 15.4 Å². The molecule has 0 atom stereocenters. The molecule has 0 saturated heterocycles. The van der Waals surface area contributed by atoms with Gasteiger partial charge in [0.2, 0.25) is 11.8 Å². The maximum atomic E-state index is 12.2. The monoisotopic (exact) mass is 354 g/mol. The second-order valence-corrected chi connectivity index (χ2v) is 5.93. The molecule has 0 aliphatic carbocycles. The van der Waals surface area contributed by atoms with Crippen molar-refractivity contribution in [1.29, 1.82) is 0 Å². The maximum absolute atomic E-state index is 12.2. The number of hydrogen-bond donors (Lipinski definition) is 2. The van der Waals surface area contributed by atoms with Crippen molar-refractivity contribution in [3.63, 3.8) is 0 Å². The molecule has 0 saturated carbocycles. The van der Waals surface area contributed by atoms with E-state index < -0.39 is 0 Å². The number of nitrogens with one attached hydrogen (secondary N) is 2. The summed E-state index contributed by atoms with van der Waals surface area (Å²) in [5, 5.41) is 5.37. The van der Waals surface area contributed by atoms with E-state index in [0.717, 1.165) is 5.56 Å². The zero-order chi connectivity index (χ0) is 19.1. The highest BCUT2D eigenvalue weighted by Gasteiger charge is 2.12. The van der Waals surface area contributed by atoms with E-state index in [0.29, 0.717) is 22.7 Å². The van der Waals surface area contributed by atoms with Gasteiger partial charge in [-0.25, -0.2) is 0 Å². The smallest absolute Gasteiger partial charge is 0.224 e. The van der Waals surface area contributed by atoms with Crippen molar-refractivity contribution in [1.82, 2.24) is 0 Å². The van der Waals surface area contributed by atoms with E-state index >= 15 is 0 Å². The molecular weight excluding hydrogens is 332 g/mol. The molecule has 0 fully saturated rings. The number of ether oxygens (including phenoxy) is 1. The lowest BCUT2D eigenvalue weighted by atomic mass is 10.0. The topological polar surface area (TPSA) is 84.5 Å². The summed E-state index contributed by atoms with van der Waals surface area (Å²) in [7, 11) is 1.49. The zero-order valence-electron chi connectivity index (χ0n) is 15.1. The quantitative estimate of drug-likeness (QED) is 0.745. The van der Waals surface area contributed by atoms with Crippen LogP contribution in [0.1, 0.15) is 35.7 Å². The molecule has 0 aliphatic heterocycles. The number of anilines is 2. The van der Waals surface area contributed by atoms with Crippen molar-refractivity contribution >= 4 is 29.0 Å². The van der Waals surface area contributed by atoms with Crippen molar-refractivity contribution in [2.45, 2.75) is 26.7 Å². The number of carbonyl (C=O) groups excluding carboxylic acids is 3. The average molecular weight is 354 g/mol. The first kappa shape index (κ1) is 19.2. The van der Waals surface area contributed by atoms with Gasteiger partial charge in [0.05, 0.1) is 12.8 Å². The van der Waals surface area contributed by atoms with Gasteiger partial charge in [0.25, 0.3) is 0 Å². The molecule has 0 heterocycles. The molecule has 0 bridgehead atoms. The summed E-state index contributed by atoms with van der Waals surface area (Å²) in [6.07, 6.45) is 0.169. The van der Waals surface area contributed by atoms with Crippen molar-refractivity contribution in [3.05, 3.63) is 53.6 Å². The highest BCUT2D eigenvalue weighted by molar-refractivity contribution is 6.00. The number of hydrogen-bond acceptors (Lipinski definition) is 4. The molecule has 136 valence electrons. The van der Waals surface area contributed by atoms with Crippen molar-refractivity contribution in [3.8, 4) is 5.75 Å². The first-order chi connectivity index (χ1) is 12.4. The SMILES string of the molecule is COc1ccc(NC(C)=O)cc1NC(=O)CCC(=O)c1ccc(C)cc1. The Kier molecular flexibility index (Phi) is 6.49. The Hall–Kier alpha value is -3.15. The van der Waals surface area contributed by atoms with E-state index in [9.17, 15) is 14.4 Å². The third-order valence-electron chi connectivity index (χ3n) is 3.75. The van der Waals surface area contributed by atoms with E-state index in [1.54, 1.807) is 30.3 Å². The summed E-state index contributed by atoms with van der Waals surface area (Å²) < 4.78 is 5.22. The normalized spacial score (nSPS) is 10.1. The highest BCUT2D eigenvalue weighted by atomic mass is 16.5. The maximum Gasteiger partial charge on any atom is 0.224 e. The predicted molar refractivity (Wildman–Crippen MR) is 101 cm³/mol. The molecule has 2 rings (SSSR count). The van der Waals surface area contributed by atoms with E-state index in [-0.39, 0.29) is 30.4 Å². The number of benzene rings is 2. The van der Waals surface area contributed by atoms with Crippen LogP contribution in [0.5, 0.6) is 5.75 Å². The lowest BCUT2D eigenvalue weighted by molar-refractivity contribution is -0.116. The summed E-state index contributed by atoms with van der Waals surface area (Å²) in [4.78, 5) is 35.5. The molecule has 2 aromatic rings. The average Bonchev–Trinajstić information content (AvgIpc) is 2.60. The lowest BCUT2D eigenvalue weighted by Gasteiger charge is -2.12. The third kappa shape index (κ3) is 5.44. The number of aryl methyl sites for hydroxylation is 1. The van der Waals surface area contributed by atoms with Gasteiger partial charge in [0.1, 0.15) is 5.75 Å². The third-order valence-corrected chi connectivity index (χ3v) is 3.75. The van der Waals surface area contributed by atoms with Crippen LogP contribution in [0.15, 0.2) is 42.5 Å². The number of carbonyl (C=O) groups is 3. The Labute approximate surface area is 152 Å². The Balaban J connectivity index is 1.99. The lowest BCUT2D eigenvalue weighted by Crippen LogP contribution is -2.15. The van der Waals surface area contributed by atoms with Gasteiger partial charge in [-0.05, 0) is 25.1 Å². The predicted octanol–water partition coefficient (Wildman–Crippen LogP) is 3.56. The summed E-state index contributed by atoms with van der Waals surface area (Å²) in [6.45, 7) is 3.35. The Morgan fingerprint density at radius 2 is 1.65 bits per heavy atom. The van der Waals surface area contributed by atoms with Crippen LogP contribution in [-0.2, 0) is 9.59 Å². The summed E-state index contributed by atoms with van der Waals surface area (Å²) in [5.41, 5.74) is 2.65. The Morgan fingerprint density at radius 3 is 2.27 bits per heavy atom. The number of amides is 2. The molecule has 0 aliphatic rings. The minimum atomic E-state index is -0.302. The first-order valence-electron chi connectivity index (χ1n) is 8.24. The molecule has 26 heavy (non-hydrogen) atoms. The molecule has 2 aromatic carbocycles. The molecule has 2 N–H and O–H groups in total. The molecule has 0 aromatic heterocycles. The van der Waals surface area contributed by atoms with E-state index in [1.807, 2.05) is 19.1 Å². The Bertz CT molecular complexity index is 813. The van der Waals surface area contributed by atoms with Gasteiger partial charge in [0.15, 0.2) is 5.78 Å². The fourth-order valence-electron chi connectivity index (χ4n) is 2.41. The van der Waals surface area contributed by atoms with Gasteiger partial charge in [-0.15, -0.1) is 0 Å². The van der Waals surface area contributed by atoms with Crippen LogP contribution in [-0.4, -0.2) is 24.7 Å². The van der Waals surface area contributed by atoms with Gasteiger partial charge in [-0.3, -0.25) is 14.4 Å². The minimum Gasteiger partial charge on any atom is -0.495 e. The van der Waals surface area contributed by atoms with E-state index in [4.69, 9.17) is 4.74 Å². The fourth-order valence-corrected chi connectivity index (χ4v) is 2.41. The molecule has 0 spiro atoms. The van der Waals surface area contributed by atoms with Crippen LogP contribution < -0.4 is 15.4 Å². The number of Topliss-reactive ketones (excluding diaryl/α,β-unsaturated/α-hetero) is 1. The van der Waals surface area contributed by atoms with Crippen molar-refractivity contribution in [2.75, 3.05) is 17.7 Å². The van der Waals surface area contributed by atoms with Crippen LogP contribution in [0.2, 0.25) is 0 Å². The van der Waals surface area contributed by atoms with E-state index in [1.165, 1.54) is 14.0 Å². The number of methoxy groups -OCH3 is 1. The second-order valence-electron chi connectivity index (χ2n) is 5.93. The standard InChI is InChI=1S/C20H22N2O4/c1-13-4-6-15(7-5-13)18(24)9-11-20(25)22-17-12-16(21-14(2)23)8-10-19(17)26-3/h4-8,10,12H,9,11H2,1-3H3,(H,21,23)(H,22,25). The molecule has 6 heteroatoms. The zero-order valence-corrected chi connectivity index (χ0v) is 15.1. The molecule has 0 unspecified atom stereocenters. The summed E-state index contributed by atoms with van der Waals surface area (Å²) in [6, 6.07) is 12.2. The van der Waals surface area contributed by atoms with Crippen LogP contribution in [0, 0.1) is 6.92 Å². The summed E-state index contributed by atoms with van der Waals surface area (Å²) >= 11 is 0. The van der Waals surface area contributed by atoms with Gasteiger partial charge in [0, 0.05) is 31.0 Å². The van der Waals surface area contributed by atoms with Crippen LogP contribution in [0.4, 0.5) is 11.4 Å². The van der Waals surface area contributed by atoms with Crippen molar-refractivity contribution in [2.24, 2.45) is 0 Å².